The van der Waals surface area contributed by atoms with Crippen molar-refractivity contribution >= 4 is 5.82 Å². The van der Waals surface area contributed by atoms with Crippen molar-refractivity contribution in [2.75, 3.05) is 19.5 Å². The fourth-order valence-corrected chi connectivity index (χ4v) is 2.63. The number of methoxy groups -OCH3 is 1. The molecule has 0 aliphatic carbocycles. The average Bonchev–Trinajstić information content (AvgIpc) is 2.72. The standard InChI is InChI=1S/C14H24N4O4/c1-7(2)16-10-9(6-21-4)22-13(11(10)19)18-5-8(3)12(15)17-14(18)20/h5,7,9-11,13,16,19H,6H2,1-4H3,(H2,15,17,20)/t9-,10?,11?,13-/m1/s1. The van der Waals surface area contributed by atoms with Crippen LogP contribution in [0.1, 0.15) is 25.6 Å². The fraction of sp³-hybridized carbons (Fsp3) is 0.714. The van der Waals surface area contributed by atoms with Crippen LogP contribution in [-0.2, 0) is 9.47 Å². The van der Waals surface area contributed by atoms with Crippen molar-refractivity contribution in [3.63, 3.8) is 0 Å². The summed E-state index contributed by atoms with van der Waals surface area (Å²) in [4.78, 5) is 15.8. The molecule has 0 aromatic carbocycles. The van der Waals surface area contributed by atoms with Gasteiger partial charge < -0.3 is 25.6 Å². The molecular formula is C14H24N4O4. The van der Waals surface area contributed by atoms with E-state index in [2.05, 4.69) is 10.3 Å². The zero-order valence-electron chi connectivity index (χ0n) is 13.3. The van der Waals surface area contributed by atoms with Crippen molar-refractivity contribution in [3.05, 3.63) is 22.2 Å². The van der Waals surface area contributed by atoms with E-state index >= 15 is 0 Å². The van der Waals surface area contributed by atoms with Crippen LogP contribution in [0.2, 0.25) is 0 Å². The number of hydrogen-bond donors (Lipinski definition) is 3. The predicted octanol–water partition coefficient (Wildman–Crippen LogP) is -0.595. The molecule has 8 heteroatoms. The molecule has 124 valence electrons. The van der Waals surface area contributed by atoms with Gasteiger partial charge in [-0.25, -0.2) is 4.79 Å². The third-order valence-corrected chi connectivity index (χ3v) is 3.68. The summed E-state index contributed by atoms with van der Waals surface area (Å²) in [6, 6.07) is -0.181. The molecule has 1 aromatic heterocycles. The molecule has 0 saturated carbocycles. The summed E-state index contributed by atoms with van der Waals surface area (Å²) in [5.41, 5.74) is 5.74. The summed E-state index contributed by atoms with van der Waals surface area (Å²) in [5, 5.41) is 13.8. The van der Waals surface area contributed by atoms with Gasteiger partial charge in [-0.1, -0.05) is 13.8 Å². The number of nitrogens with one attached hydrogen (secondary N) is 1. The quantitative estimate of drug-likeness (QED) is 0.666. The zero-order chi connectivity index (χ0) is 16.4. The van der Waals surface area contributed by atoms with Crippen LogP contribution in [0, 0.1) is 6.92 Å². The Labute approximate surface area is 129 Å². The molecule has 1 saturated heterocycles. The fourth-order valence-electron chi connectivity index (χ4n) is 2.63. The lowest BCUT2D eigenvalue weighted by Crippen LogP contribution is -2.49. The van der Waals surface area contributed by atoms with Crippen LogP contribution in [-0.4, -0.2) is 52.7 Å². The second kappa shape index (κ2) is 6.74. The molecule has 4 atom stereocenters. The Balaban J connectivity index is 2.32. The highest BCUT2D eigenvalue weighted by molar-refractivity contribution is 5.35. The van der Waals surface area contributed by atoms with Crippen LogP contribution < -0.4 is 16.7 Å². The Morgan fingerprint density at radius 1 is 1.59 bits per heavy atom. The van der Waals surface area contributed by atoms with Gasteiger partial charge in [0, 0.05) is 24.9 Å². The first kappa shape index (κ1) is 16.9. The van der Waals surface area contributed by atoms with E-state index in [9.17, 15) is 9.90 Å². The first-order valence-electron chi connectivity index (χ1n) is 7.29. The molecule has 0 spiro atoms. The maximum Gasteiger partial charge on any atom is 0.351 e. The highest BCUT2D eigenvalue weighted by Crippen LogP contribution is 2.29. The lowest BCUT2D eigenvalue weighted by molar-refractivity contribution is -0.0586. The van der Waals surface area contributed by atoms with Crippen LogP contribution in [0.5, 0.6) is 0 Å². The Bertz CT molecular complexity index is 574. The van der Waals surface area contributed by atoms with E-state index in [-0.39, 0.29) is 24.0 Å². The van der Waals surface area contributed by atoms with Gasteiger partial charge in [-0.3, -0.25) is 4.57 Å². The molecule has 2 rings (SSSR count). The molecule has 2 heterocycles. The van der Waals surface area contributed by atoms with Crippen LogP contribution in [0.15, 0.2) is 11.0 Å². The SMILES string of the molecule is COC[C@H]1O[C@@H](n2cc(C)c(N)nc2=O)C(O)C1NC(C)C. The Kier molecular flexibility index (Phi) is 5.17. The molecule has 0 radical (unpaired) electrons. The number of nitrogen functional groups attached to an aromatic ring is 1. The van der Waals surface area contributed by atoms with Gasteiger partial charge >= 0.3 is 5.69 Å². The number of anilines is 1. The number of aliphatic hydroxyl groups is 1. The maximum absolute atomic E-state index is 12.0. The van der Waals surface area contributed by atoms with Gasteiger partial charge in [-0.15, -0.1) is 0 Å². The number of aromatic nitrogens is 2. The topological polar surface area (TPSA) is 112 Å². The molecule has 1 aliphatic rings. The molecule has 0 bridgehead atoms. The first-order chi connectivity index (χ1) is 10.3. The van der Waals surface area contributed by atoms with Gasteiger partial charge in [-0.2, -0.15) is 4.98 Å². The van der Waals surface area contributed by atoms with Crippen LogP contribution >= 0.6 is 0 Å². The molecule has 0 amide bonds. The molecule has 2 unspecified atom stereocenters. The zero-order valence-corrected chi connectivity index (χ0v) is 13.3. The summed E-state index contributed by atoms with van der Waals surface area (Å²) < 4.78 is 12.3. The van der Waals surface area contributed by atoms with Crippen molar-refractivity contribution in [3.8, 4) is 0 Å². The van der Waals surface area contributed by atoms with Crippen LogP contribution in [0.4, 0.5) is 5.82 Å². The second-order valence-electron chi connectivity index (χ2n) is 5.86. The molecule has 1 fully saturated rings. The minimum Gasteiger partial charge on any atom is -0.387 e. The summed E-state index contributed by atoms with van der Waals surface area (Å²) in [6.07, 6.45) is -0.530. The van der Waals surface area contributed by atoms with Gasteiger partial charge in [-0.05, 0) is 6.92 Å². The summed E-state index contributed by atoms with van der Waals surface area (Å²) in [5.74, 6) is 0.180. The normalized spacial score (nSPS) is 28.5. The molecular weight excluding hydrogens is 288 g/mol. The summed E-state index contributed by atoms with van der Waals surface area (Å²) >= 11 is 0. The Morgan fingerprint density at radius 3 is 2.86 bits per heavy atom. The lowest BCUT2D eigenvalue weighted by Gasteiger charge is -2.23. The molecule has 22 heavy (non-hydrogen) atoms. The van der Waals surface area contributed by atoms with E-state index in [0.29, 0.717) is 12.2 Å². The molecule has 4 N–H and O–H groups in total. The van der Waals surface area contributed by atoms with Crippen molar-refractivity contribution in [1.29, 1.82) is 0 Å². The van der Waals surface area contributed by atoms with E-state index in [4.69, 9.17) is 15.2 Å². The van der Waals surface area contributed by atoms with Gasteiger partial charge in [0.25, 0.3) is 0 Å². The smallest absolute Gasteiger partial charge is 0.351 e. The predicted molar refractivity (Wildman–Crippen MR) is 81.5 cm³/mol. The Morgan fingerprint density at radius 2 is 2.27 bits per heavy atom. The molecule has 1 aromatic rings. The summed E-state index contributed by atoms with van der Waals surface area (Å²) in [7, 11) is 1.57. The van der Waals surface area contributed by atoms with E-state index in [1.807, 2.05) is 13.8 Å². The highest BCUT2D eigenvalue weighted by Gasteiger charge is 2.45. The molecule has 8 nitrogen and oxygen atoms in total. The molecule has 1 aliphatic heterocycles. The van der Waals surface area contributed by atoms with Crippen LogP contribution in [0.3, 0.4) is 0 Å². The highest BCUT2D eigenvalue weighted by atomic mass is 16.6. The van der Waals surface area contributed by atoms with E-state index in [1.165, 1.54) is 4.57 Å². The van der Waals surface area contributed by atoms with Crippen LogP contribution in [0.25, 0.3) is 0 Å². The number of hydrogen-bond acceptors (Lipinski definition) is 7. The monoisotopic (exact) mass is 312 g/mol. The van der Waals surface area contributed by atoms with Gasteiger partial charge in [0.2, 0.25) is 0 Å². The van der Waals surface area contributed by atoms with Crippen molar-refractivity contribution in [2.45, 2.75) is 51.3 Å². The lowest BCUT2D eigenvalue weighted by atomic mass is 10.1. The van der Waals surface area contributed by atoms with Gasteiger partial charge in [0.05, 0.1) is 12.6 Å². The van der Waals surface area contributed by atoms with Crippen molar-refractivity contribution < 1.29 is 14.6 Å². The number of rotatable bonds is 5. The number of ether oxygens (including phenoxy) is 2. The van der Waals surface area contributed by atoms with Gasteiger partial charge in [0.1, 0.15) is 18.0 Å². The van der Waals surface area contributed by atoms with Crippen molar-refractivity contribution in [1.82, 2.24) is 14.9 Å². The number of aryl methyl sites for hydroxylation is 1. The second-order valence-corrected chi connectivity index (χ2v) is 5.86. The minimum absolute atomic E-state index is 0.157. The number of nitrogens with zero attached hydrogens (tertiary/aromatic N) is 2. The van der Waals surface area contributed by atoms with E-state index in [0.717, 1.165) is 0 Å². The minimum atomic E-state index is -0.898. The van der Waals surface area contributed by atoms with E-state index < -0.39 is 18.0 Å². The first-order valence-corrected chi connectivity index (χ1v) is 7.29. The Hall–Kier alpha value is -1.48. The average molecular weight is 312 g/mol. The van der Waals surface area contributed by atoms with E-state index in [1.54, 1.807) is 20.2 Å². The van der Waals surface area contributed by atoms with Gasteiger partial charge in [0.15, 0.2) is 6.23 Å². The van der Waals surface area contributed by atoms with Crippen molar-refractivity contribution in [2.24, 2.45) is 0 Å². The number of nitrogens with two attached hydrogens (primary N) is 1. The maximum atomic E-state index is 12.0. The third kappa shape index (κ3) is 3.30. The largest absolute Gasteiger partial charge is 0.387 e. The number of aliphatic hydroxyl groups excluding tert-OH is 1. The summed E-state index contributed by atoms with van der Waals surface area (Å²) in [6.45, 7) is 6.01. The third-order valence-electron chi connectivity index (χ3n) is 3.68.